The normalized spacial score (nSPS) is 38.1. The van der Waals surface area contributed by atoms with Crippen LogP contribution >= 0.6 is 0 Å². The van der Waals surface area contributed by atoms with Crippen molar-refractivity contribution in [3.63, 3.8) is 0 Å². The summed E-state index contributed by atoms with van der Waals surface area (Å²) in [5.41, 5.74) is 0. The predicted octanol–water partition coefficient (Wildman–Crippen LogP) is 1.05. The zero-order valence-electron chi connectivity index (χ0n) is 4.85. The summed E-state index contributed by atoms with van der Waals surface area (Å²) in [6.45, 7) is 2.78. The molecule has 1 aliphatic rings. The zero-order chi connectivity index (χ0) is 7.07. The molecule has 0 aromatic carbocycles. The molecule has 9 heavy (non-hydrogen) atoms. The van der Waals surface area contributed by atoms with Gasteiger partial charge in [0, 0.05) is 0 Å². The summed E-state index contributed by atoms with van der Waals surface area (Å²) < 4.78 is 24.5. The van der Waals surface area contributed by atoms with Crippen LogP contribution in [0, 0.1) is 11.8 Å². The molecule has 0 amide bonds. The number of hydrogen-bond donors (Lipinski definition) is 1. The lowest BCUT2D eigenvalue weighted by Gasteiger charge is -1.87. The van der Waals surface area contributed by atoms with E-state index in [0.29, 0.717) is 0 Å². The van der Waals surface area contributed by atoms with Gasteiger partial charge in [0.25, 0.3) is 5.92 Å². The third kappa shape index (κ3) is 0.758. The molecule has 1 aliphatic carbocycles. The Morgan fingerprint density at radius 1 is 1.67 bits per heavy atom. The lowest BCUT2D eigenvalue weighted by molar-refractivity contribution is 0.0763. The number of aliphatic hydroxyl groups is 1. The van der Waals surface area contributed by atoms with Crippen molar-refractivity contribution in [1.29, 1.82) is 0 Å². The fourth-order valence-electron chi connectivity index (χ4n) is 0.973. The highest BCUT2D eigenvalue weighted by Gasteiger charge is 2.66. The summed E-state index contributed by atoms with van der Waals surface area (Å²) >= 11 is 0. The van der Waals surface area contributed by atoms with Crippen LogP contribution < -0.4 is 0 Å². The van der Waals surface area contributed by atoms with Gasteiger partial charge >= 0.3 is 0 Å². The summed E-state index contributed by atoms with van der Waals surface area (Å²) in [5, 5.41) is 8.32. The first-order valence-corrected chi connectivity index (χ1v) is 2.75. The molecule has 0 spiro atoms. The standard InChI is InChI=1S/C6H8F2O/c1-2-4-5(3-9)6(4,7)8/h2,4-5,9H,1,3H2/t4-,5+/m1/s1. The molecule has 1 saturated carbocycles. The van der Waals surface area contributed by atoms with Crippen LogP contribution in [-0.4, -0.2) is 17.6 Å². The molecule has 0 saturated heterocycles. The average molecular weight is 134 g/mol. The van der Waals surface area contributed by atoms with Crippen LogP contribution in [-0.2, 0) is 0 Å². The Kier molecular flexibility index (Phi) is 1.31. The topological polar surface area (TPSA) is 20.2 Å². The summed E-state index contributed by atoms with van der Waals surface area (Å²) in [6, 6.07) is 0. The minimum atomic E-state index is -2.68. The van der Waals surface area contributed by atoms with Crippen molar-refractivity contribution in [3.8, 4) is 0 Å². The van der Waals surface area contributed by atoms with Gasteiger partial charge in [-0.05, 0) is 0 Å². The second-order valence-corrected chi connectivity index (χ2v) is 2.23. The Morgan fingerprint density at radius 2 is 2.22 bits per heavy atom. The van der Waals surface area contributed by atoms with Gasteiger partial charge in [-0.1, -0.05) is 6.08 Å². The molecule has 0 aliphatic heterocycles. The van der Waals surface area contributed by atoms with Gasteiger partial charge in [-0.2, -0.15) is 0 Å². The van der Waals surface area contributed by atoms with Gasteiger partial charge in [0.2, 0.25) is 0 Å². The van der Waals surface area contributed by atoms with Crippen molar-refractivity contribution in [2.45, 2.75) is 5.92 Å². The Balaban J connectivity index is 2.54. The van der Waals surface area contributed by atoms with Crippen molar-refractivity contribution in [3.05, 3.63) is 12.7 Å². The molecule has 1 fully saturated rings. The fourth-order valence-corrected chi connectivity index (χ4v) is 0.973. The predicted molar refractivity (Wildman–Crippen MR) is 29.2 cm³/mol. The van der Waals surface area contributed by atoms with Gasteiger partial charge in [-0.15, -0.1) is 6.58 Å². The summed E-state index contributed by atoms with van der Waals surface area (Å²) in [7, 11) is 0. The molecule has 2 atom stereocenters. The molecule has 52 valence electrons. The highest BCUT2D eigenvalue weighted by atomic mass is 19.3. The minimum absolute atomic E-state index is 0.441. The Bertz CT molecular complexity index is 133. The molecular weight excluding hydrogens is 126 g/mol. The van der Waals surface area contributed by atoms with Crippen LogP contribution in [0.1, 0.15) is 0 Å². The van der Waals surface area contributed by atoms with Gasteiger partial charge < -0.3 is 5.11 Å². The van der Waals surface area contributed by atoms with Gasteiger partial charge in [-0.25, -0.2) is 8.78 Å². The van der Waals surface area contributed by atoms with E-state index in [-0.39, 0.29) is 0 Å². The van der Waals surface area contributed by atoms with E-state index in [2.05, 4.69) is 6.58 Å². The highest BCUT2D eigenvalue weighted by Crippen LogP contribution is 2.55. The number of hydrogen-bond acceptors (Lipinski definition) is 1. The number of aliphatic hydroxyl groups excluding tert-OH is 1. The Morgan fingerprint density at radius 3 is 2.33 bits per heavy atom. The summed E-state index contributed by atoms with van der Waals surface area (Å²) in [6.07, 6.45) is 1.20. The second-order valence-electron chi connectivity index (χ2n) is 2.23. The summed E-state index contributed by atoms with van der Waals surface area (Å²) in [4.78, 5) is 0. The third-order valence-corrected chi connectivity index (χ3v) is 1.71. The third-order valence-electron chi connectivity index (χ3n) is 1.71. The van der Waals surface area contributed by atoms with Gasteiger partial charge in [0.1, 0.15) is 0 Å². The first kappa shape index (κ1) is 6.68. The molecule has 0 unspecified atom stereocenters. The van der Waals surface area contributed by atoms with Crippen LogP contribution in [0.5, 0.6) is 0 Å². The largest absolute Gasteiger partial charge is 0.396 e. The first-order chi connectivity index (χ1) is 4.14. The maximum atomic E-state index is 12.2. The van der Waals surface area contributed by atoms with E-state index >= 15 is 0 Å². The van der Waals surface area contributed by atoms with Crippen molar-refractivity contribution in [2.24, 2.45) is 11.8 Å². The van der Waals surface area contributed by atoms with E-state index in [4.69, 9.17) is 5.11 Å². The van der Waals surface area contributed by atoms with Crippen LogP contribution in [0.3, 0.4) is 0 Å². The van der Waals surface area contributed by atoms with E-state index < -0.39 is 24.4 Å². The molecule has 1 N–H and O–H groups in total. The van der Waals surface area contributed by atoms with Crippen LogP contribution in [0.2, 0.25) is 0 Å². The van der Waals surface area contributed by atoms with Crippen LogP contribution in [0.4, 0.5) is 8.78 Å². The molecule has 0 aromatic rings. The smallest absolute Gasteiger partial charge is 0.260 e. The average Bonchev–Trinajstić information content (AvgIpc) is 2.32. The number of rotatable bonds is 2. The van der Waals surface area contributed by atoms with E-state index in [9.17, 15) is 8.78 Å². The maximum absolute atomic E-state index is 12.2. The molecule has 1 nitrogen and oxygen atoms in total. The van der Waals surface area contributed by atoms with Crippen LogP contribution in [0.15, 0.2) is 12.7 Å². The molecule has 3 heteroatoms. The summed E-state index contributed by atoms with van der Waals surface area (Å²) in [5.74, 6) is -4.34. The van der Waals surface area contributed by atoms with Gasteiger partial charge in [0.05, 0.1) is 18.4 Å². The zero-order valence-corrected chi connectivity index (χ0v) is 4.85. The molecular formula is C6H8F2O. The van der Waals surface area contributed by atoms with E-state index in [0.717, 1.165) is 0 Å². The number of alkyl halides is 2. The fraction of sp³-hybridized carbons (Fsp3) is 0.667. The van der Waals surface area contributed by atoms with Crippen molar-refractivity contribution < 1.29 is 13.9 Å². The highest BCUT2D eigenvalue weighted by molar-refractivity contribution is 5.12. The van der Waals surface area contributed by atoms with Crippen molar-refractivity contribution in [1.82, 2.24) is 0 Å². The molecule has 0 aromatic heterocycles. The quantitative estimate of drug-likeness (QED) is 0.559. The van der Waals surface area contributed by atoms with E-state index in [1.807, 2.05) is 0 Å². The lowest BCUT2D eigenvalue weighted by atomic mass is 10.3. The Hall–Kier alpha value is -0.440. The van der Waals surface area contributed by atoms with Crippen LogP contribution in [0.25, 0.3) is 0 Å². The van der Waals surface area contributed by atoms with E-state index in [1.54, 1.807) is 0 Å². The van der Waals surface area contributed by atoms with E-state index in [1.165, 1.54) is 6.08 Å². The Labute approximate surface area is 52.0 Å². The SMILES string of the molecule is C=C[C@@H]1[C@H](CO)C1(F)F. The first-order valence-electron chi connectivity index (χ1n) is 2.75. The molecule has 0 heterocycles. The van der Waals surface area contributed by atoms with Gasteiger partial charge in [-0.3, -0.25) is 0 Å². The molecule has 0 bridgehead atoms. The molecule has 1 rings (SSSR count). The maximum Gasteiger partial charge on any atom is 0.260 e. The van der Waals surface area contributed by atoms with Gasteiger partial charge in [0.15, 0.2) is 0 Å². The molecule has 0 radical (unpaired) electrons. The number of halogens is 2. The lowest BCUT2D eigenvalue weighted by Crippen LogP contribution is -1.96. The number of allylic oxidation sites excluding steroid dienone is 1. The van der Waals surface area contributed by atoms with Crippen molar-refractivity contribution in [2.75, 3.05) is 6.61 Å². The minimum Gasteiger partial charge on any atom is -0.396 e. The second kappa shape index (κ2) is 1.77. The van der Waals surface area contributed by atoms with Crippen molar-refractivity contribution >= 4 is 0 Å². The monoisotopic (exact) mass is 134 g/mol.